The van der Waals surface area contributed by atoms with Crippen LogP contribution in [0, 0.1) is 11.3 Å². The first-order chi connectivity index (χ1) is 12.4. The molecule has 1 aliphatic carbocycles. The summed E-state index contributed by atoms with van der Waals surface area (Å²) in [5.74, 6) is -0.466. The van der Waals surface area contributed by atoms with Gasteiger partial charge in [0.15, 0.2) is 0 Å². The van der Waals surface area contributed by atoms with Crippen molar-refractivity contribution in [3.8, 4) is 6.07 Å². The minimum Gasteiger partial charge on any atom is -0.336 e. The molecule has 0 aromatic carbocycles. The summed E-state index contributed by atoms with van der Waals surface area (Å²) in [7, 11) is -3.66. The molecule has 1 amide bonds. The fourth-order valence-electron chi connectivity index (χ4n) is 3.57. The summed E-state index contributed by atoms with van der Waals surface area (Å²) >= 11 is 0. The first-order valence-electron chi connectivity index (χ1n) is 8.79. The molecule has 2 aliphatic rings. The van der Waals surface area contributed by atoms with Crippen LogP contribution in [0.5, 0.6) is 0 Å². The van der Waals surface area contributed by atoms with Gasteiger partial charge in [0, 0.05) is 25.4 Å². The second-order valence-corrected chi connectivity index (χ2v) is 8.83. The lowest BCUT2D eigenvalue weighted by atomic mass is 10.00. The lowest BCUT2D eigenvalue weighted by Crippen LogP contribution is -2.47. The predicted molar refractivity (Wildman–Crippen MR) is 93.6 cm³/mol. The molecule has 2 heterocycles. The van der Waals surface area contributed by atoms with E-state index in [1.807, 2.05) is 0 Å². The first-order valence-corrected chi connectivity index (χ1v) is 10.2. The van der Waals surface area contributed by atoms with Gasteiger partial charge in [0.25, 0.3) is 5.56 Å². The highest BCUT2D eigenvalue weighted by molar-refractivity contribution is 7.89. The largest absolute Gasteiger partial charge is 0.336 e. The molecule has 0 spiro atoms. The normalized spacial score (nSPS) is 20.0. The Labute approximate surface area is 152 Å². The Hall–Kier alpha value is -2.18. The van der Waals surface area contributed by atoms with Crippen LogP contribution in [0.2, 0.25) is 0 Å². The molecule has 26 heavy (non-hydrogen) atoms. The maximum absolute atomic E-state index is 12.6. The summed E-state index contributed by atoms with van der Waals surface area (Å²) in [6.45, 7) is 0.616. The van der Waals surface area contributed by atoms with E-state index in [-0.39, 0.29) is 11.4 Å². The molecule has 8 nitrogen and oxygen atoms in total. The monoisotopic (exact) mass is 378 g/mol. The van der Waals surface area contributed by atoms with Gasteiger partial charge in [0.05, 0.1) is 11.0 Å². The van der Waals surface area contributed by atoms with Crippen LogP contribution in [-0.4, -0.2) is 41.8 Å². The fourth-order valence-corrected chi connectivity index (χ4v) is 5.11. The van der Waals surface area contributed by atoms with Gasteiger partial charge in [-0.3, -0.25) is 9.59 Å². The van der Waals surface area contributed by atoms with Crippen LogP contribution in [-0.2, 0) is 21.4 Å². The number of rotatable bonds is 5. The van der Waals surface area contributed by atoms with Crippen molar-refractivity contribution in [3.63, 3.8) is 0 Å². The Balaban J connectivity index is 1.79. The average Bonchev–Trinajstić information content (AvgIpc) is 3.29. The number of amides is 1. The van der Waals surface area contributed by atoms with Crippen LogP contribution in [0.15, 0.2) is 28.0 Å². The van der Waals surface area contributed by atoms with E-state index in [2.05, 4.69) is 11.4 Å². The second-order valence-electron chi connectivity index (χ2n) is 6.89. The number of hydrogen-bond donors (Lipinski definition) is 1. The zero-order valence-electron chi connectivity index (χ0n) is 14.5. The number of carbonyl (C=O) groups is 1. The molecule has 2 fully saturated rings. The number of sulfonamides is 1. The predicted octanol–water partition coefficient (Wildman–Crippen LogP) is 0.585. The van der Waals surface area contributed by atoms with Crippen LogP contribution < -0.4 is 10.9 Å². The van der Waals surface area contributed by atoms with Gasteiger partial charge in [-0.1, -0.05) is 0 Å². The Bertz CT molecular complexity index is 888. The number of nitrogens with one attached hydrogen (secondary N) is 1. The van der Waals surface area contributed by atoms with Gasteiger partial charge in [0.1, 0.15) is 12.1 Å². The molecule has 1 N–H and O–H groups in total. The van der Waals surface area contributed by atoms with Crippen LogP contribution in [0.4, 0.5) is 0 Å². The van der Waals surface area contributed by atoms with Gasteiger partial charge in [-0.25, -0.2) is 8.42 Å². The third-order valence-electron chi connectivity index (χ3n) is 5.02. The first kappa shape index (κ1) is 18.6. The minimum atomic E-state index is -3.66. The quantitative estimate of drug-likeness (QED) is 0.806. The number of carbonyl (C=O) groups excluding carboxylic acids is 1. The maximum Gasteiger partial charge on any atom is 0.251 e. The van der Waals surface area contributed by atoms with Gasteiger partial charge >= 0.3 is 0 Å². The molecular formula is C17H22N4O4S. The van der Waals surface area contributed by atoms with Gasteiger partial charge in [-0.05, 0) is 44.6 Å². The Morgan fingerprint density at radius 1 is 1.19 bits per heavy atom. The molecule has 140 valence electrons. The van der Waals surface area contributed by atoms with E-state index in [4.69, 9.17) is 0 Å². The van der Waals surface area contributed by atoms with E-state index in [0.717, 1.165) is 36.3 Å². The summed E-state index contributed by atoms with van der Waals surface area (Å²) in [5, 5.41) is 12.1. The summed E-state index contributed by atoms with van der Waals surface area (Å²) in [4.78, 5) is 24.4. The average molecular weight is 378 g/mol. The van der Waals surface area contributed by atoms with Crippen molar-refractivity contribution >= 4 is 15.9 Å². The van der Waals surface area contributed by atoms with Crippen molar-refractivity contribution in [2.24, 2.45) is 0 Å². The van der Waals surface area contributed by atoms with E-state index >= 15 is 0 Å². The Morgan fingerprint density at radius 2 is 1.85 bits per heavy atom. The van der Waals surface area contributed by atoms with Gasteiger partial charge in [-0.2, -0.15) is 9.57 Å². The fraction of sp³-hybridized carbons (Fsp3) is 0.588. The van der Waals surface area contributed by atoms with Crippen molar-refractivity contribution in [2.75, 3.05) is 13.1 Å². The van der Waals surface area contributed by atoms with Crippen molar-refractivity contribution in [1.29, 1.82) is 5.26 Å². The molecule has 1 aromatic rings. The summed E-state index contributed by atoms with van der Waals surface area (Å²) in [6.07, 6.45) is 5.77. The van der Waals surface area contributed by atoms with Crippen molar-refractivity contribution in [2.45, 2.75) is 55.5 Å². The summed E-state index contributed by atoms with van der Waals surface area (Å²) < 4.78 is 27.7. The molecule has 0 atom stereocenters. The zero-order valence-corrected chi connectivity index (χ0v) is 15.3. The lowest BCUT2D eigenvalue weighted by molar-refractivity contribution is -0.123. The zero-order chi connectivity index (χ0) is 18.8. The molecular weight excluding hydrogens is 356 g/mol. The van der Waals surface area contributed by atoms with Crippen molar-refractivity contribution in [3.05, 3.63) is 28.7 Å². The molecule has 1 aliphatic heterocycles. The third-order valence-corrected chi connectivity index (χ3v) is 6.91. The van der Waals surface area contributed by atoms with E-state index in [1.54, 1.807) is 0 Å². The summed E-state index contributed by atoms with van der Waals surface area (Å²) in [5.41, 5.74) is -1.34. The Morgan fingerprint density at radius 3 is 2.46 bits per heavy atom. The number of aromatic nitrogens is 1. The topological polar surface area (TPSA) is 112 Å². The molecule has 0 unspecified atom stereocenters. The molecule has 9 heteroatoms. The van der Waals surface area contributed by atoms with Crippen molar-refractivity contribution < 1.29 is 13.2 Å². The highest BCUT2D eigenvalue weighted by atomic mass is 32.2. The van der Waals surface area contributed by atoms with Gasteiger partial charge in [-0.15, -0.1) is 0 Å². The third kappa shape index (κ3) is 3.66. The number of hydrogen-bond acceptors (Lipinski definition) is 5. The second kappa shape index (κ2) is 7.21. The standard InChI is InChI=1S/C17H22N4O4S/c18-13-17(7-1-2-8-17)19-15(22)12-20-11-14(5-6-16(20)23)26(24,25)21-9-3-4-10-21/h5-6,11H,1-4,7-10,12H2,(H,19,22). The maximum atomic E-state index is 12.6. The van der Waals surface area contributed by atoms with Crippen LogP contribution in [0.25, 0.3) is 0 Å². The molecule has 3 rings (SSSR count). The van der Waals surface area contributed by atoms with E-state index in [1.165, 1.54) is 16.6 Å². The number of nitrogens with zero attached hydrogens (tertiary/aromatic N) is 3. The molecule has 0 bridgehead atoms. The summed E-state index contributed by atoms with van der Waals surface area (Å²) in [6, 6.07) is 4.59. The number of nitriles is 1. The van der Waals surface area contributed by atoms with Crippen LogP contribution in [0.3, 0.4) is 0 Å². The van der Waals surface area contributed by atoms with E-state index < -0.39 is 27.0 Å². The Kier molecular flexibility index (Phi) is 5.16. The SMILES string of the molecule is N#CC1(NC(=O)Cn2cc(S(=O)(=O)N3CCCC3)ccc2=O)CCCC1. The van der Waals surface area contributed by atoms with Gasteiger partial charge in [0.2, 0.25) is 15.9 Å². The van der Waals surface area contributed by atoms with Crippen LogP contribution >= 0.6 is 0 Å². The van der Waals surface area contributed by atoms with Crippen LogP contribution in [0.1, 0.15) is 38.5 Å². The van der Waals surface area contributed by atoms with E-state index in [9.17, 15) is 23.3 Å². The molecule has 1 aromatic heterocycles. The highest BCUT2D eigenvalue weighted by Crippen LogP contribution is 2.28. The van der Waals surface area contributed by atoms with E-state index in [0.29, 0.717) is 25.9 Å². The smallest absolute Gasteiger partial charge is 0.251 e. The molecule has 1 saturated heterocycles. The van der Waals surface area contributed by atoms with Crippen molar-refractivity contribution in [1.82, 2.24) is 14.2 Å². The lowest BCUT2D eigenvalue weighted by Gasteiger charge is -2.22. The minimum absolute atomic E-state index is 0.00247. The highest BCUT2D eigenvalue weighted by Gasteiger charge is 2.35. The number of pyridine rings is 1. The molecule has 1 saturated carbocycles. The van der Waals surface area contributed by atoms with Gasteiger partial charge < -0.3 is 9.88 Å². The molecule has 0 radical (unpaired) electrons.